The molecule has 4 aliphatic heterocycles. The van der Waals surface area contributed by atoms with Crippen LogP contribution in [0.2, 0.25) is 0 Å². The van der Waals surface area contributed by atoms with E-state index in [0.29, 0.717) is 22.4 Å². The minimum absolute atomic E-state index is 0.0425. The number of aromatic nitrogens is 14. The van der Waals surface area contributed by atoms with Crippen LogP contribution >= 0.6 is 0 Å². The van der Waals surface area contributed by atoms with Gasteiger partial charge in [-0.3, -0.25) is 0 Å². The summed E-state index contributed by atoms with van der Waals surface area (Å²) in [5, 5.41) is 112. The first kappa shape index (κ1) is 60.4. The topological polar surface area (TPSA) is 497 Å². The van der Waals surface area contributed by atoms with Crippen molar-refractivity contribution in [2.75, 3.05) is 49.4 Å². The Morgan fingerprint density at radius 2 is 0.881 bits per heavy atom. The lowest BCUT2D eigenvalue weighted by atomic mass is 9.82. The summed E-state index contributed by atoms with van der Waals surface area (Å²) in [7, 11) is 0. The second kappa shape index (κ2) is 22.1. The van der Waals surface area contributed by atoms with Crippen LogP contribution in [0.4, 0.5) is 40.8 Å². The molecule has 4 saturated heterocycles. The van der Waals surface area contributed by atoms with Crippen molar-refractivity contribution in [1.29, 1.82) is 10.5 Å². The summed E-state index contributed by atoms with van der Waals surface area (Å²) in [6, 6.07) is 9.78. The van der Waals surface area contributed by atoms with E-state index in [-0.39, 0.29) is 46.0 Å². The summed E-state index contributed by atoms with van der Waals surface area (Å²) >= 11 is 0. The molecule has 16 N–H and O–H groups in total. The van der Waals surface area contributed by atoms with Gasteiger partial charge in [0, 0.05) is 0 Å². The van der Waals surface area contributed by atoms with Gasteiger partial charge < -0.3 is 82.7 Å². The predicted molar refractivity (Wildman–Crippen MR) is 275 cm³/mol. The molecule has 36 heteroatoms. The first-order chi connectivity index (χ1) is 39.7. The Balaban J connectivity index is 0.000000134. The van der Waals surface area contributed by atoms with Gasteiger partial charge in [0.05, 0.1) is 55.9 Å². The number of hydrogen-bond acceptors (Lipinski definition) is 28. The van der Waals surface area contributed by atoms with E-state index in [9.17, 15) is 49.9 Å². The summed E-state index contributed by atoms with van der Waals surface area (Å²) in [4.78, 5) is 23.2. The number of ether oxygens (including phenoxy) is 4. The number of nitrogens with two attached hydrogens (primary N) is 4. The maximum Gasteiger partial charge on any atom is 0.235 e. The molecule has 4 aliphatic rings. The van der Waals surface area contributed by atoms with E-state index >= 15 is 8.78 Å². The Kier molecular flexibility index (Phi) is 15.9. The van der Waals surface area contributed by atoms with Crippen LogP contribution in [0.1, 0.15) is 62.7 Å². The highest BCUT2D eigenvalue weighted by Gasteiger charge is 2.68. The number of rotatable bonds is 8. The standard InChI is InChI=1S/C13H14FN5O3.C12H13FN6O3.C12H15FN4O3.C11H14FN5O3/c1-12(14)10(21)8(4-20)22-13(12,5-15)9-3-2-7-11(16)17-6-18-19(7)9;1-11(13)8(21)6(3-20)22-12(11,4-14)7-2-16-10-9(15)17-5-18-19(7)10;1-12(13)9(19)8(4-18)20-10(12)6-2-3-7-11(14)15-5-16-17(6)7;1-11(12)7(19)6(3-18)20-8(11)5-2-14-10-9(13)15-4-16-17(5)10/h2-3,6,8,10,20-21H,4H2,1H3,(H2,16,17,18);2,5-6,8,20-21H,3H2,1H3,(H2,15,17,18);2-3,5,8-10,18-19H,4H2,1H3,(H2,14,15,16);2,4,6-8,18-19H,3H2,1H3,(H2,13,15,16)/t8-,10-,12-,13+;6-,8-,11-,12+;8-,9-,10+,12-;6-,7-,8+,11-/m1111/s1. The summed E-state index contributed by atoms with van der Waals surface area (Å²) < 4.78 is 86.4. The van der Waals surface area contributed by atoms with Crippen molar-refractivity contribution in [2.24, 2.45) is 0 Å². The van der Waals surface area contributed by atoms with E-state index in [0.717, 1.165) is 24.7 Å². The van der Waals surface area contributed by atoms with E-state index in [2.05, 4.69) is 50.3 Å². The zero-order valence-electron chi connectivity index (χ0n) is 44.6. The second-order valence-corrected chi connectivity index (χ2v) is 20.4. The molecule has 12 rings (SSSR count). The molecular weight excluding hydrogens is 1120 g/mol. The van der Waals surface area contributed by atoms with Crippen LogP contribution in [0.5, 0.6) is 0 Å². The molecule has 4 fully saturated rings. The molecule has 8 aromatic rings. The monoisotopic (exact) mass is 1180 g/mol. The number of nitrogens with zero attached hydrogens (tertiary/aromatic N) is 16. The summed E-state index contributed by atoms with van der Waals surface area (Å²) in [5.41, 5.74) is 11.4. The maximum absolute atomic E-state index is 15.2. The number of imidazole rings is 2. The van der Waals surface area contributed by atoms with E-state index in [1.54, 1.807) is 24.3 Å². The van der Waals surface area contributed by atoms with Gasteiger partial charge in [-0.05, 0) is 52.0 Å². The molecule has 0 unspecified atom stereocenters. The fourth-order valence-electron chi connectivity index (χ4n) is 10.5. The highest BCUT2D eigenvalue weighted by atomic mass is 19.2. The molecule has 448 valence electrons. The van der Waals surface area contributed by atoms with Crippen LogP contribution < -0.4 is 22.9 Å². The smallest absolute Gasteiger partial charge is 0.235 e. The number of aliphatic hydroxyl groups excluding tert-OH is 8. The van der Waals surface area contributed by atoms with Gasteiger partial charge in [-0.25, -0.2) is 65.5 Å². The third kappa shape index (κ3) is 9.22. The minimum Gasteiger partial charge on any atom is -0.394 e. The van der Waals surface area contributed by atoms with Gasteiger partial charge in [0.1, 0.15) is 115 Å². The first-order valence-electron chi connectivity index (χ1n) is 25.2. The molecule has 16 atom stereocenters. The molecule has 0 aromatic carbocycles. The molecular formula is C48H56F4N20O12. The van der Waals surface area contributed by atoms with Crippen molar-refractivity contribution >= 4 is 45.6 Å². The van der Waals surface area contributed by atoms with Crippen LogP contribution in [0.15, 0.2) is 62.0 Å². The molecule has 84 heavy (non-hydrogen) atoms. The number of nitriles is 2. The van der Waals surface area contributed by atoms with Gasteiger partial charge in [0.15, 0.2) is 57.2 Å². The number of anilines is 4. The lowest BCUT2D eigenvalue weighted by Crippen LogP contribution is -2.48. The van der Waals surface area contributed by atoms with Crippen LogP contribution in [0.25, 0.3) is 22.3 Å². The van der Waals surface area contributed by atoms with Crippen molar-refractivity contribution in [3.05, 3.63) is 84.7 Å². The van der Waals surface area contributed by atoms with E-state index < -0.39 is 121 Å². The van der Waals surface area contributed by atoms with Gasteiger partial charge in [-0.15, -0.1) is 0 Å². The highest BCUT2D eigenvalue weighted by molar-refractivity contribution is 5.67. The van der Waals surface area contributed by atoms with Crippen molar-refractivity contribution in [2.45, 2.75) is 123 Å². The number of alkyl halides is 4. The van der Waals surface area contributed by atoms with Crippen molar-refractivity contribution in [3.8, 4) is 12.1 Å². The molecule has 0 amide bonds. The summed E-state index contributed by atoms with van der Waals surface area (Å²) in [6.07, 6.45) is -5.49. The molecule has 8 aromatic heterocycles. The van der Waals surface area contributed by atoms with Crippen LogP contribution in [0, 0.1) is 22.7 Å². The van der Waals surface area contributed by atoms with E-state index in [4.69, 9.17) is 52.1 Å². The van der Waals surface area contributed by atoms with Crippen LogP contribution in [-0.2, 0) is 30.1 Å². The molecule has 0 saturated carbocycles. The Morgan fingerprint density at radius 3 is 1.35 bits per heavy atom. The normalized spacial score (nSPS) is 34.4. The van der Waals surface area contributed by atoms with E-state index in [1.165, 1.54) is 70.9 Å². The Hall–Kier alpha value is -8.24. The van der Waals surface area contributed by atoms with Crippen LogP contribution in [-0.4, -0.2) is 207 Å². The Bertz CT molecular complexity index is 3560. The fourth-order valence-corrected chi connectivity index (χ4v) is 10.5. The summed E-state index contributed by atoms with van der Waals surface area (Å²) in [6.45, 7) is 2.33. The Morgan fingerprint density at radius 1 is 0.488 bits per heavy atom. The average molecular weight is 1180 g/mol. The number of aliphatic hydroxyl groups is 8. The summed E-state index contributed by atoms with van der Waals surface area (Å²) in [5.74, 6) is 0.632. The number of fused-ring (bicyclic) bond motifs is 4. The molecule has 0 aliphatic carbocycles. The third-order valence-electron chi connectivity index (χ3n) is 15.3. The van der Waals surface area contributed by atoms with Gasteiger partial charge in [-0.2, -0.15) is 30.9 Å². The van der Waals surface area contributed by atoms with Crippen molar-refractivity contribution in [1.82, 2.24) is 68.4 Å². The van der Waals surface area contributed by atoms with Crippen molar-refractivity contribution in [3.63, 3.8) is 0 Å². The predicted octanol–water partition coefficient (Wildman–Crippen LogP) is -2.52. The average Bonchev–Trinajstić information content (AvgIpc) is 1.76. The van der Waals surface area contributed by atoms with Gasteiger partial charge in [-0.1, -0.05) is 0 Å². The zero-order chi connectivity index (χ0) is 61.2. The molecule has 0 spiro atoms. The fraction of sp³-hybridized carbons (Fsp3) is 0.500. The van der Waals surface area contributed by atoms with Crippen molar-refractivity contribution < 1.29 is 77.4 Å². The minimum atomic E-state index is -2.50. The van der Waals surface area contributed by atoms with Gasteiger partial charge in [0.2, 0.25) is 11.2 Å². The van der Waals surface area contributed by atoms with Crippen LogP contribution in [0.3, 0.4) is 0 Å². The van der Waals surface area contributed by atoms with E-state index in [1.807, 2.05) is 0 Å². The lowest BCUT2D eigenvalue weighted by molar-refractivity contribution is -0.0719. The molecule has 12 heterocycles. The van der Waals surface area contributed by atoms with Gasteiger partial charge in [0.25, 0.3) is 0 Å². The molecule has 0 bridgehead atoms. The Labute approximate surface area is 469 Å². The quantitative estimate of drug-likeness (QED) is 0.0699. The first-order valence-corrected chi connectivity index (χ1v) is 25.2. The number of halogens is 4. The molecule has 32 nitrogen and oxygen atoms in total. The maximum atomic E-state index is 15.2. The molecule has 0 radical (unpaired) electrons. The largest absolute Gasteiger partial charge is 0.394 e. The number of hydrogen-bond donors (Lipinski definition) is 12. The SMILES string of the molecule is C[C@@]1(F)[C@H](O)[C@@H](CO)O[C@@]1(C#N)c1ccc2c(N)ncnn12.C[C@@]1(F)[C@H](O)[C@@H](CO)O[C@@]1(C#N)c1cnc2c(N)ncnn12.C[C@@]1(F)[C@H](O)[C@@H](CO)O[C@H]1c1ccc2c(N)ncnn12.C[C@@]1(F)[C@H](O)[C@@H](CO)O[C@H]1c1cnc2c(N)ncnn12. The number of nitrogen functional groups attached to an aromatic ring is 4. The lowest BCUT2D eigenvalue weighted by Gasteiger charge is -2.30. The highest BCUT2D eigenvalue weighted by Crippen LogP contribution is 2.51. The second-order valence-electron chi connectivity index (χ2n) is 20.4. The third-order valence-corrected chi connectivity index (χ3v) is 15.3. The van der Waals surface area contributed by atoms with Gasteiger partial charge >= 0.3 is 0 Å². The zero-order valence-corrected chi connectivity index (χ0v) is 44.6.